The summed E-state index contributed by atoms with van der Waals surface area (Å²) in [6.07, 6.45) is 4.20. The summed E-state index contributed by atoms with van der Waals surface area (Å²) in [6, 6.07) is 9.95. The lowest BCUT2D eigenvalue weighted by Gasteiger charge is -1.91. The predicted octanol–water partition coefficient (Wildman–Crippen LogP) is 2.06. The van der Waals surface area contributed by atoms with Crippen LogP contribution < -0.4 is 0 Å². The lowest BCUT2D eigenvalue weighted by atomic mass is 10.1. The lowest BCUT2D eigenvalue weighted by molar-refractivity contribution is -0.119. The highest BCUT2D eigenvalue weighted by Crippen LogP contribution is 2.12. The summed E-state index contributed by atoms with van der Waals surface area (Å²) < 4.78 is 4.89. The number of ketones is 1. The zero-order chi connectivity index (χ0) is 9.80. The molecule has 1 atom stereocenters. The Kier molecular flexibility index (Phi) is 2.75. The number of epoxide rings is 1. The number of carbonyl (C=O) groups is 1. The second-order valence-electron chi connectivity index (χ2n) is 3.31. The quantitative estimate of drug-likeness (QED) is 0.677. The van der Waals surface area contributed by atoms with Crippen molar-refractivity contribution in [2.45, 2.75) is 12.5 Å². The van der Waals surface area contributed by atoms with Gasteiger partial charge in [0.2, 0.25) is 0 Å². The van der Waals surface area contributed by atoms with Gasteiger partial charge in [-0.3, -0.25) is 4.79 Å². The molecule has 0 radical (unpaired) electrons. The summed E-state index contributed by atoms with van der Waals surface area (Å²) in [5, 5.41) is 0. The second-order valence-corrected chi connectivity index (χ2v) is 3.31. The van der Waals surface area contributed by atoms with E-state index in [1.54, 1.807) is 0 Å². The molecule has 14 heavy (non-hydrogen) atoms. The molecule has 0 bridgehead atoms. The van der Waals surface area contributed by atoms with E-state index in [-0.39, 0.29) is 11.9 Å². The summed E-state index contributed by atoms with van der Waals surface area (Å²) >= 11 is 0. The van der Waals surface area contributed by atoms with E-state index < -0.39 is 0 Å². The van der Waals surface area contributed by atoms with Gasteiger partial charge in [-0.15, -0.1) is 0 Å². The summed E-state index contributed by atoms with van der Waals surface area (Å²) in [5.41, 5.74) is 1.12. The Hall–Kier alpha value is -1.41. The van der Waals surface area contributed by atoms with Crippen LogP contribution in [0, 0.1) is 0 Å². The van der Waals surface area contributed by atoms with Crippen molar-refractivity contribution >= 4 is 11.9 Å². The van der Waals surface area contributed by atoms with Gasteiger partial charge in [-0.25, -0.2) is 0 Å². The van der Waals surface area contributed by atoms with Crippen molar-refractivity contribution in [2.75, 3.05) is 6.61 Å². The number of hydrogen-bond donors (Lipinski definition) is 0. The minimum atomic E-state index is -0.115. The second kappa shape index (κ2) is 4.20. The zero-order valence-corrected chi connectivity index (χ0v) is 7.85. The van der Waals surface area contributed by atoms with Crippen LogP contribution >= 0.6 is 0 Å². The fourth-order valence-corrected chi connectivity index (χ4v) is 1.24. The number of carbonyl (C=O) groups excluding carboxylic acids is 1. The monoisotopic (exact) mass is 188 g/mol. The molecule has 1 saturated heterocycles. The third-order valence-electron chi connectivity index (χ3n) is 2.12. The number of Topliss-reactive ketones (excluding diaryl/α,β-unsaturated/α-hetero) is 1. The van der Waals surface area contributed by atoms with Gasteiger partial charge < -0.3 is 4.74 Å². The molecular formula is C12H12O2. The standard InChI is InChI=1S/C12H12O2/c13-11(12-9-14-12)8-4-7-10-5-2-1-3-6-10/h1-7,12H,8-9H2/b7-4+. The van der Waals surface area contributed by atoms with Crippen LogP contribution in [0.25, 0.3) is 6.08 Å². The average molecular weight is 188 g/mol. The van der Waals surface area contributed by atoms with Gasteiger partial charge >= 0.3 is 0 Å². The molecule has 2 rings (SSSR count). The molecule has 0 spiro atoms. The summed E-state index contributed by atoms with van der Waals surface area (Å²) in [4.78, 5) is 11.2. The van der Waals surface area contributed by atoms with Gasteiger partial charge in [0.1, 0.15) is 6.10 Å². The molecule has 0 aromatic heterocycles. The van der Waals surface area contributed by atoms with E-state index in [2.05, 4.69) is 0 Å². The van der Waals surface area contributed by atoms with E-state index in [4.69, 9.17) is 4.74 Å². The van der Waals surface area contributed by atoms with Crippen LogP contribution in [0.4, 0.5) is 0 Å². The van der Waals surface area contributed by atoms with Crippen LogP contribution in [-0.4, -0.2) is 18.5 Å². The van der Waals surface area contributed by atoms with E-state index in [9.17, 15) is 4.79 Å². The first-order valence-electron chi connectivity index (χ1n) is 4.72. The maximum absolute atomic E-state index is 11.2. The highest BCUT2D eigenvalue weighted by molar-refractivity contribution is 5.86. The van der Waals surface area contributed by atoms with E-state index in [0.29, 0.717) is 13.0 Å². The minimum absolute atomic E-state index is 0.115. The molecule has 2 nitrogen and oxygen atoms in total. The average Bonchev–Trinajstić information content (AvgIpc) is 3.02. The molecular weight excluding hydrogens is 176 g/mol. The third-order valence-corrected chi connectivity index (χ3v) is 2.12. The van der Waals surface area contributed by atoms with Crippen molar-refractivity contribution in [3.05, 3.63) is 42.0 Å². The molecule has 72 valence electrons. The SMILES string of the molecule is O=C(C/C=C/c1ccccc1)C1CO1. The van der Waals surface area contributed by atoms with Gasteiger partial charge in [0.05, 0.1) is 6.61 Å². The van der Waals surface area contributed by atoms with Crippen molar-refractivity contribution in [3.63, 3.8) is 0 Å². The Balaban J connectivity index is 1.85. The fraction of sp³-hybridized carbons (Fsp3) is 0.250. The van der Waals surface area contributed by atoms with Gasteiger partial charge in [0.15, 0.2) is 5.78 Å². The first kappa shape index (κ1) is 9.16. The maximum atomic E-state index is 11.2. The third kappa shape index (κ3) is 2.54. The Labute approximate surface area is 83.2 Å². The first-order chi connectivity index (χ1) is 6.86. The maximum Gasteiger partial charge on any atom is 0.167 e. The number of benzene rings is 1. The number of hydrogen-bond acceptors (Lipinski definition) is 2. The van der Waals surface area contributed by atoms with Crippen LogP contribution in [0.3, 0.4) is 0 Å². The van der Waals surface area contributed by atoms with Crippen molar-refractivity contribution < 1.29 is 9.53 Å². The molecule has 0 saturated carbocycles. The van der Waals surface area contributed by atoms with E-state index >= 15 is 0 Å². The molecule has 1 fully saturated rings. The van der Waals surface area contributed by atoms with Crippen LogP contribution in [0.5, 0.6) is 0 Å². The molecule has 1 aromatic carbocycles. The Morgan fingerprint density at radius 1 is 1.43 bits per heavy atom. The molecule has 2 heteroatoms. The number of rotatable bonds is 4. The van der Waals surface area contributed by atoms with Crippen LogP contribution in [0.1, 0.15) is 12.0 Å². The summed E-state index contributed by atoms with van der Waals surface area (Å²) in [6.45, 7) is 0.609. The molecule has 0 N–H and O–H groups in total. The predicted molar refractivity (Wildman–Crippen MR) is 54.8 cm³/mol. The van der Waals surface area contributed by atoms with Crippen molar-refractivity contribution in [2.24, 2.45) is 0 Å². The van der Waals surface area contributed by atoms with Gasteiger partial charge in [-0.05, 0) is 5.56 Å². The van der Waals surface area contributed by atoms with Crippen molar-refractivity contribution in [1.82, 2.24) is 0 Å². The minimum Gasteiger partial charge on any atom is -0.365 e. The van der Waals surface area contributed by atoms with Gasteiger partial charge in [-0.2, -0.15) is 0 Å². The van der Waals surface area contributed by atoms with Crippen LogP contribution in [-0.2, 0) is 9.53 Å². The molecule has 1 unspecified atom stereocenters. The molecule has 1 aliphatic rings. The molecule has 1 heterocycles. The van der Waals surface area contributed by atoms with Gasteiger partial charge in [0.25, 0.3) is 0 Å². The topological polar surface area (TPSA) is 29.6 Å². The Morgan fingerprint density at radius 3 is 2.79 bits per heavy atom. The highest BCUT2D eigenvalue weighted by Gasteiger charge is 2.29. The van der Waals surface area contributed by atoms with Crippen molar-refractivity contribution in [3.8, 4) is 0 Å². The first-order valence-corrected chi connectivity index (χ1v) is 4.72. The molecule has 1 aromatic rings. The van der Waals surface area contributed by atoms with Gasteiger partial charge in [-0.1, -0.05) is 42.5 Å². The van der Waals surface area contributed by atoms with Crippen molar-refractivity contribution in [1.29, 1.82) is 0 Å². The zero-order valence-electron chi connectivity index (χ0n) is 7.85. The van der Waals surface area contributed by atoms with Gasteiger partial charge in [0, 0.05) is 6.42 Å². The van der Waals surface area contributed by atoms with E-state index in [1.807, 2.05) is 42.5 Å². The van der Waals surface area contributed by atoms with Crippen LogP contribution in [0.2, 0.25) is 0 Å². The Bertz CT molecular complexity index is 337. The molecule has 0 amide bonds. The highest BCUT2D eigenvalue weighted by atomic mass is 16.6. The lowest BCUT2D eigenvalue weighted by Crippen LogP contribution is -2.03. The number of ether oxygens (including phenoxy) is 1. The summed E-state index contributed by atoms with van der Waals surface area (Å²) in [5.74, 6) is 0.178. The fourth-order valence-electron chi connectivity index (χ4n) is 1.24. The molecule has 1 aliphatic heterocycles. The normalized spacial score (nSPS) is 19.9. The Morgan fingerprint density at radius 2 is 2.14 bits per heavy atom. The largest absolute Gasteiger partial charge is 0.365 e. The van der Waals surface area contributed by atoms with E-state index in [1.165, 1.54) is 0 Å². The molecule has 0 aliphatic carbocycles. The van der Waals surface area contributed by atoms with E-state index in [0.717, 1.165) is 5.56 Å². The smallest absolute Gasteiger partial charge is 0.167 e. The number of allylic oxidation sites excluding steroid dienone is 1. The summed E-state index contributed by atoms with van der Waals surface area (Å²) in [7, 11) is 0. The van der Waals surface area contributed by atoms with Crippen LogP contribution in [0.15, 0.2) is 36.4 Å².